The molecule has 0 N–H and O–H groups in total. The van der Waals surface area contributed by atoms with E-state index in [4.69, 9.17) is 11.6 Å². The van der Waals surface area contributed by atoms with E-state index in [1.165, 1.54) is 39.9 Å². The highest BCUT2D eigenvalue weighted by Crippen LogP contribution is 2.27. The van der Waals surface area contributed by atoms with Gasteiger partial charge >= 0.3 is 0 Å². The van der Waals surface area contributed by atoms with E-state index in [1.54, 1.807) is 6.08 Å². The van der Waals surface area contributed by atoms with Crippen molar-refractivity contribution in [3.8, 4) is 0 Å². The van der Waals surface area contributed by atoms with Crippen LogP contribution in [0.25, 0.3) is 10.2 Å². The van der Waals surface area contributed by atoms with E-state index in [0.29, 0.717) is 29.2 Å². The summed E-state index contributed by atoms with van der Waals surface area (Å²) < 4.78 is 30.4. The zero-order valence-electron chi connectivity index (χ0n) is 16.1. The first-order chi connectivity index (χ1) is 14.4. The summed E-state index contributed by atoms with van der Waals surface area (Å²) in [5, 5.41) is 0.453. The van der Waals surface area contributed by atoms with Crippen molar-refractivity contribution >= 4 is 49.1 Å². The lowest BCUT2D eigenvalue weighted by molar-refractivity contribution is -0.121. The molecule has 9 heteroatoms. The molecule has 0 spiro atoms. The van der Waals surface area contributed by atoms with Gasteiger partial charge < -0.3 is 4.57 Å². The number of allylic oxidation sites excluding steroid dienone is 1. The highest BCUT2D eigenvalue weighted by molar-refractivity contribution is 7.89. The molecule has 1 fully saturated rings. The average Bonchev–Trinajstić information content (AvgIpc) is 3.35. The van der Waals surface area contributed by atoms with Gasteiger partial charge in [-0.15, -0.1) is 6.58 Å². The van der Waals surface area contributed by atoms with Crippen LogP contribution in [0.15, 0.2) is 71.1 Å². The fourth-order valence-corrected chi connectivity index (χ4v) is 6.42. The number of hydrogen-bond donors (Lipinski definition) is 0. The second-order valence-electron chi connectivity index (χ2n) is 6.93. The molecular formula is C21H20ClN3O3S2. The molecule has 4 rings (SSSR count). The van der Waals surface area contributed by atoms with Gasteiger partial charge in [-0.3, -0.25) is 4.79 Å². The molecule has 1 saturated heterocycles. The van der Waals surface area contributed by atoms with Crippen molar-refractivity contribution in [3.63, 3.8) is 0 Å². The van der Waals surface area contributed by atoms with Crippen molar-refractivity contribution in [2.45, 2.75) is 30.3 Å². The lowest BCUT2D eigenvalue weighted by Crippen LogP contribution is -2.40. The Bertz CT molecular complexity index is 1280. The van der Waals surface area contributed by atoms with Gasteiger partial charge in [-0.2, -0.15) is 9.30 Å². The molecule has 2 heterocycles. The normalized spacial score (nSPS) is 18.2. The van der Waals surface area contributed by atoms with Crippen molar-refractivity contribution < 1.29 is 13.2 Å². The van der Waals surface area contributed by atoms with Gasteiger partial charge in [0.15, 0.2) is 4.80 Å². The first kappa shape index (κ1) is 21.0. The monoisotopic (exact) mass is 461 g/mol. The summed E-state index contributed by atoms with van der Waals surface area (Å²) in [7, 11) is -3.81. The van der Waals surface area contributed by atoms with E-state index in [2.05, 4.69) is 11.6 Å². The fraction of sp³-hybridized carbons (Fsp3) is 0.238. The Morgan fingerprint density at radius 1 is 1.23 bits per heavy atom. The van der Waals surface area contributed by atoms with E-state index >= 15 is 0 Å². The predicted octanol–water partition coefficient (Wildman–Crippen LogP) is 3.82. The Morgan fingerprint density at radius 2 is 1.97 bits per heavy atom. The third kappa shape index (κ3) is 3.88. The molecule has 1 atom stereocenters. The number of benzene rings is 2. The van der Waals surface area contributed by atoms with Gasteiger partial charge in [-0.05, 0) is 49.2 Å². The van der Waals surface area contributed by atoms with E-state index in [-0.39, 0.29) is 11.4 Å². The lowest BCUT2D eigenvalue weighted by atomic mass is 10.2. The van der Waals surface area contributed by atoms with Crippen LogP contribution in [-0.4, -0.2) is 35.8 Å². The SMILES string of the molecule is C=CCn1c(=NC(=O)C2CCCN2S(=O)(=O)c2ccc(Cl)cc2)sc2ccccc21. The van der Waals surface area contributed by atoms with E-state index in [1.807, 2.05) is 28.8 Å². The van der Waals surface area contributed by atoms with Crippen LogP contribution in [0.2, 0.25) is 5.02 Å². The van der Waals surface area contributed by atoms with Crippen LogP contribution in [0.1, 0.15) is 12.8 Å². The number of para-hydroxylation sites is 1. The number of nitrogens with zero attached hydrogens (tertiary/aromatic N) is 3. The summed E-state index contributed by atoms with van der Waals surface area (Å²) in [6.45, 7) is 4.58. The van der Waals surface area contributed by atoms with E-state index in [0.717, 1.165) is 10.2 Å². The van der Waals surface area contributed by atoms with Gasteiger partial charge in [0, 0.05) is 18.1 Å². The number of fused-ring (bicyclic) bond motifs is 1. The second kappa shape index (κ2) is 8.47. The van der Waals surface area contributed by atoms with Crippen LogP contribution in [-0.2, 0) is 21.4 Å². The fourth-order valence-electron chi connectivity index (χ4n) is 3.60. The molecule has 0 radical (unpaired) electrons. The van der Waals surface area contributed by atoms with Gasteiger partial charge in [0.25, 0.3) is 5.91 Å². The molecule has 30 heavy (non-hydrogen) atoms. The van der Waals surface area contributed by atoms with Crippen molar-refractivity contribution in [1.82, 2.24) is 8.87 Å². The molecular weight excluding hydrogens is 442 g/mol. The summed E-state index contributed by atoms with van der Waals surface area (Å²) in [5.41, 5.74) is 0.964. The van der Waals surface area contributed by atoms with Crippen LogP contribution in [0, 0.1) is 0 Å². The van der Waals surface area contributed by atoms with Crippen LogP contribution in [0.3, 0.4) is 0 Å². The summed E-state index contributed by atoms with van der Waals surface area (Å²) in [6, 6.07) is 13.0. The molecule has 1 aliphatic rings. The summed E-state index contributed by atoms with van der Waals surface area (Å²) in [5.74, 6) is -0.450. The third-order valence-electron chi connectivity index (χ3n) is 5.01. The minimum Gasteiger partial charge on any atom is -0.313 e. The maximum absolute atomic E-state index is 13.1. The molecule has 2 aromatic carbocycles. The minimum absolute atomic E-state index is 0.121. The quantitative estimate of drug-likeness (QED) is 0.542. The molecule has 3 aromatic rings. The summed E-state index contributed by atoms with van der Waals surface area (Å²) >= 11 is 7.28. The number of carbonyl (C=O) groups excluding carboxylic acids is 1. The number of amides is 1. The third-order valence-corrected chi connectivity index (χ3v) is 8.25. The molecule has 6 nitrogen and oxygen atoms in total. The number of halogens is 1. The minimum atomic E-state index is -3.81. The Balaban J connectivity index is 1.71. The Morgan fingerprint density at radius 3 is 2.70 bits per heavy atom. The Kier molecular flexibility index (Phi) is 5.92. The van der Waals surface area contributed by atoms with E-state index < -0.39 is 22.0 Å². The lowest BCUT2D eigenvalue weighted by Gasteiger charge is -2.21. The maximum atomic E-state index is 13.1. The maximum Gasteiger partial charge on any atom is 0.266 e. The zero-order valence-corrected chi connectivity index (χ0v) is 18.5. The first-order valence-corrected chi connectivity index (χ1v) is 12.1. The van der Waals surface area contributed by atoms with Crippen molar-refractivity contribution in [1.29, 1.82) is 0 Å². The number of rotatable bonds is 5. The summed E-state index contributed by atoms with van der Waals surface area (Å²) in [6.07, 6.45) is 2.80. The molecule has 1 aliphatic heterocycles. The topological polar surface area (TPSA) is 71.7 Å². The molecule has 156 valence electrons. The molecule has 0 saturated carbocycles. The zero-order chi connectivity index (χ0) is 21.3. The number of thiazole rings is 1. The van der Waals surface area contributed by atoms with Gasteiger partial charge in [-0.1, -0.05) is 41.1 Å². The Labute approximate surface area is 183 Å². The largest absolute Gasteiger partial charge is 0.313 e. The molecule has 0 aliphatic carbocycles. The highest BCUT2D eigenvalue weighted by Gasteiger charge is 2.39. The molecule has 1 unspecified atom stereocenters. The Hall–Kier alpha value is -2.26. The van der Waals surface area contributed by atoms with E-state index in [9.17, 15) is 13.2 Å². The second-order valence-corrected chi connectivity index (χ2v) is 10.3. The predicted molar refractivity (Wildman–Crippen MR) is 119 cm³/mol. The van der Waals surface area contributed by atoms with Gasteiger partial charge in [0.1, 0.15) is 6.04 Å². The van der Waals surface area contributed by atoms with Crippen LogP contribution in [0.5, 0.6) is 0 Å². The highest BCUT2D eigenvalue weighted by atomic mass is 35.5. The number of hydrogen-bond acceptors (Lipinski definition) is 4. The molecule has 1 aromatic heterocycles. The van der Waals surface area contributed by atoms with Crippen molar-refractivity contribution in [2.75, 3.05) is 6.54 Å². The number of sulfonamides is 1. The first-order valence-electron chi connectivity index (χ1n) is 9.47. The van der Waals surface area contributed by atoms with Crippen LogP contribution >= 0.6 is 22.9 Å². The van der Waals surface area contributed by atoms with Gasteiger partial charge in [0.05, 0.1) is 15.1 Å². The average molecular weight is 462 g/mol. The number of aromatic nitrogens is 1. The van der Waals surface area contributed by atoms with Crippen molar-refractivity contribution in [3.05, 3.63) is 71.0 Å². The van der Waals surface area contributed by atoms with Crippen LogP contribution < -0.4 is 4.80 Å². The molecule has 0 bridgehead atoms. The summed E-state index contributed by atoms with van der Waals surface area (Å²) in [4.78, 5) is 18.1. The van der Waals surface area contributed by atoms with Gasteiger partial charge in [0.2, 0.25) is 10.0 Å². The van der Waals surface area contributed by atoms with Crippen LogP contribution in [0.4, 0.5) is 0 Å². The number of carbonyl (C=O) groups is 1. The molecule has 1 amide bonds. The van der Waals surface area contributed by atoms with Crippen molar-refractivity contribution in [2.24, 2.45) is 4.99 Å². The standard InChI is InChI=1S/C21H20ClN3O3S2/c1-2-13-24-17-6-3-4-8-19(17)29-21(24)23-20(26)18-7-5-14-25(18)30(27,28)16-11-9-15(22)10-12-16/h2-4,6,8-12,18H,1,5,7,13-14H2. The van der Waals surface area contributed by atoms with Gasteiger partial charge in [-0.25, -0.2) is 8.42 Å². The smallest absolute Gasteiger partial charge is 0.266 e.